The molecule has 2 aromatic carbocycles. The normalized spacial score (nSPS) is 10.6. The van der Waals surface area contributed by atoms with Crippen LogP contribution in [0.5, 0.6) is 5.75 Å². The van der Waals surface area contributed by atoms with E-state index in [1.807, 2.05) is 25.1 Å². The van der Waals surface area contributed by atoms with Gasteiger partial charge in [-0.2, -0.15) is 0 Å². The van der Waals surface area contributed by atoms with Crippen LogP contribution in [-0.2, 0) is 16.1 Å². The molecule has 2 N–H and O–H groups in total. The van der Waals surface area contributed by atoms with Gasteiger partial charge in [-0.25, -0.2) is 0 Å². The van der Waals surface area contributed by atoms with E-state index in [-0.39, 0.29) is 12.5 Å². The molecule has 0 aliphatic carbocycles. The van der Waals surface area contributed by atoms with E-state index < -0.39 is 11.8 Å². The predicted molar refractivity (Wildman–Crippen MR) is 104 cm³/mol. The van der Waals surface area contributed by atoms with Gasteiger partial charge in [0.25, 0.3) is 11.8 Å². The van der Waals surface area contributed by atoms with Crippen LogP contribution < -0.4 is 15.6 Å². The summed E-state index contributed by atoms with van der Waals surface area (Å²) in [5.41, 5.74) is 8.25. The molecule has 6 nitrogen and oxygen atoms in total. The molecule has 0 unspecified atom stereocenters. The molecule has 2 rings (SSSR count). The van der Waals surface area contributed by atoms with E-state index >= 15 is 0 Å². The van der Waals surface area contributed by atoms with Gasteiger partial charge in [0.15, 0.2) is 6.61 Å². The van der Waals surface area contributed by atoms with Gasteiger partial charge >= 0.3 is 0 Å². The number of hydrogen-bond donors (Lipinski definition) is 2. The molecule has 2 aromatic rings. The maximum Gasteiger partial charge on any atom is 0.276 e. The number of carbonyl (C=O) groups excluding carboxylic acids is 2. The number of nitrogens with one attached hydrogen (secondary N) is 2. The zero-order valence-electron chi connectivity index (χ0n) is 16.2. The zero-order chi connectivity index (χ0) is 19.8. The highest BCUT2D eigenvalue weighted by Gasteiger charge is 2.11. The predicted octanol–water partition coefficient (Wildman–Crippen LogP) is 3.10. The van der Waals surface area contributed by atoms with E-state index in [9.17, 15) is 9.59 Å². The van der Waals surface area contributed by atoms with Gasteiger partial charge in [0.05, 0.1) is 6.61 Å². The highest BCUT2D eigenvalue weighted by molar-refractivity contribution is 5.95. The molecular weight excluding hydrogens is 344 g/mol. The summed E-state index contributed by atoms with van der Waals surface area (Å²) in [7, 11) is 1.61. The molecule has 0 fully saturated rings. The SMILES string of the molecule is COCc1ccc(C(=O)NNC(=O)COc2cc(C)ccc2C(C)C)cc1. The number of benzene rings is 2. The van der Waals surface area contributed by atoms with Crippen LogP contribution in [-0.4, -0.2) is 25.5 Å². The van der Waals surface area contributed by atoms with Crippen molar-refractivity contribution in [3.8, 4) is 5.75 Å². The van der Waals surface area contributed by atoms with Crippen molar-refractivity contribution in [2.75, 3.05) is 13.7 Å². The summed E-state index contributed by atoms with van der Waals surface area (Å²) in [6, 6.07) is 12.9. The van der Waals surface area contributed by atoms with Crippen molar-refractivity contribution in [1.82, 2.24) is 10.9 Å². The van der Waals surface area contributed by atoms with E-state index in [0.717, 1.165) is 16.7 Å². The fourth-order valence-electron chi connectivity index (χ4n) is 2.54. The quantitative estimate of drug-likeness (QED) is 0.734. The average molecular weight is 370 g/mol. The first kappa shape index (κ1) is 20.5. The summed E-state index contributed by atoms with van der Waals surface area (Å²) in [6.45, 7) is 6.39. The lowest BCUT2D eigenvalue weighted by Gasteiger charge is -2.15. The smallest absolute Gasteiger partial charge is 0.276 e. The van der Waals surface area contributed by atoms with Gasteiger partial charge in [-0.15, -0.1) is 0 Å². The first-order valence-electron chi connectivity index (χ1n) is 8.81. The van der Waals surface area contributed by atoms with Crippen LogP contribution in [0.4, 0.5) is 0 Å². The lowest BCUT2D eigenvalue weighted by atomic mass is 10.0. The minimum absolute atomic E-state index is 0.184. The molecule has 0 aliphatic heterocycles. The third-order valence-corrected chi connectivity index (χ3v) is 3.99. The Morgan fingerprint density at radius 1 is 1.04 bits per heavy atom. The van der Waals surface area contributed by atoms with Gasteiger partial charge in [-0.05, 0) is 47.7 Å². The molecular formula is C21H26N2O4. The number of carbonyl (C=O) groups is 2. The lowest BCUT2D eigenvalue weighted by Crippen LogP contribution is -2.43. The highest BCUT2D eigenvalue weighted by Crippen LogP contribution is 2.27. The van der Waals surface area contributed by atoms with Crippen molar-refractivity contribution < 1.29 is 19.1 Å². The summed E-state index contributed by atoms with van der Waals surface area (Å²) >= 11 is 0. The summed E-state index contributed by atoms with van der Waals surface area (Å²) in [5, 5.41) is 0. The number of hydrazine groups is 1. The van der Waals surface area contributed by atoms with Gasteiger partial charge in [0.2, 0.25) is 0 Å². The van der Waals surface area contributed by atoms with Crippen molar-refractivity contribution in [3.05, 3.63) is 64.7 Å². The van der Waals surface area contributed by atoms with Crippen molar-refractivity contribution in [3.63, 3.8) is 0 Å². The van der Waals surface area contributed by atoms with Crippen molar-refractivity contribution in [2.24, 2.45) is 0 Å². The second-order valence-electron chi connectivity index (χ2n) is 6.62. The molecule has 0 aromatic heterocycles. The molecule has 2 amide bonds. The fraction of sp³-hybridized carbons (Fsp3) is 0.333. The Bertz CT molecular complexity index is 785. The van der Waals surface area contributed by atoms with Crippen molar-refractivity contribution >= 4 is 11.8 Å². The molecule has 0 atom stereocenters. The largest absolute Gasteiger partial charge is 0.483 e. The lowest BCUT2D eigenvalue weighted by molar-refractivity contribution is -0.123. The van der Waals surface area contributed by atoms with Gasteiger partial charge in [-0.1, -0.05) is 38.1 Å². The Morgan fingerprint density at radius 2 is 1.74 bits per heavy atom. The number of hydrogen-bond acceptors (Lipinski definition) is 4. The molecule has 0 heterocycles. The van der Waals surface area contributed by atoms with Gasteiger partial charge in [0, 0.05) is 12.7 Å². The van der Waals surface area contributed by atoms with E-state index in [1.54, 1.807) is 31.4 Å². The Morgan fingerprint density at radius 3 is 2.37 bits per heavy atom. The van der Waals surface area contributed by atoms with Gasteiger partial charge in [0.1, 0.15) is 5.75 Å². The van der Waals surface area contributed by atoms with Crippen LogP contribution in [0, 0.1) is 6.92 Å². The molecule has 144 valence electrons. The topological polar surface area (TPSA) is 76.7 Å². The Balaban J connectivity index is 1.86. The summed E-state index contributed by atoms with van der Waals surface area (Å²) in [5.74, 6) is 0.131. The van der Waals surface area contributed by atoms with Crippen LogP contribution in [0.3, 0.4) is 0 Å². The highest BCUT2D eigenvalue weighted by atomic mass is 16.5. The maximum atomic E-state index is 12.1. The average Bonchev–Trinajstić information content (AvgIpc) is 2.65. The summed E-state index contributed by atoms with van der Waals surface area (Å²) in [4.78, 5) is 24.1. The van der Waals surface area contributed by atoms with E-state index in [2.05, 4.69) is 24.7 Å². The van der Waals surface area contributed by atoms with E-state index in [1.165, 1.54) is 0 Å². The molecule has 0 saturated carbocycles. The molecule has 27 heavy (non-hydrogen) atoms. The standard InChI is InChI=1S/C21H26N2O4/c1-14(2)18-10-5-15(3)11-19(18)27-13-20(24)22-23-21(25)17-8-6-16(7-9-17)12-26-4/h5-11,14H,12-13H2,1-4H3,(H,22,24)(H,23,25). The van der Waals surface area contributed by atoms with Crippen LogP contribution in [0.15, 0.2) is 42.5 Å². The van der Waals surface area contributed by atoms with Crippen LogP contribution in [0.1, 0.15) is 46.8 Å². The molecule has 0 radical (unpaired) electrons. The maximum absolute atomic E-state index is 12.1. The first-order chi connectivity index (χ1) is 12.9. The third-order valence-electron chi connectivity index (χ3n) is 3.99. The first-order valence-corrected chi connectivity index (χ1v) is 8.81. The van der Waals surface area contributed by atoms with Gasteiger partial charge < -0.3 is 9.47 Å². The monoisotopic (exact) mass is 370 g/mol. The van der Waals surface area contributed by atoms with Gasteiger partial charge in [-0.3, -0.25) is 20.4 Å². The Labute approximate surface area is 159 Å². The molecule has 0 bridgehead atoms. The molecule has 0 spiro atoms. The van der Waals surface area contributed by atoms with Crippen LogP contribution >= 0.6 is 0 Å². The minimum atomic E-state index is -0.435. The Hall–Kier alpha value is -2.86. The second-order valence-corrected chi connectivity index (χ2v) is 6.62. The third kappa shape index (κ3) is 6.11. The molecule has 6 heteroatoms. The minimum Gasteiger partial charge on any atom is -0.483 e. The molecule has 0 aliphatic rings. The fourth-order valence-corrected chi connectivity index (χ4v) is 2.54. The zero-order valence-corrected chi connectivity index (χ0v) is 16.2. The number of methoxy groups -OCH3 is 1. The molecule has 0 saturated heterocycles. The summed E-state index contributed by atoms with van der Waals surface area (Å²) in [6.07, 6.45) is 0. The number of aryl methyl sites for hydroxylation is 1. The number of ether oxygens (including phenoxy) is 2. The number of amides is 2. The second kappa shape index (κ2) is 9.73. The number of rotatable bonds is 7. The summed E-state index contributed by atoms with van der Waals surface area (Å²) < 4.78 is 10.7. The van der Waals surface area contributed by atoms with Crippen LogP contribution in [0.25, 0.3) is 0 Å². The van der Waals surface area contributed by atoms with Crippen LogP contribution in [0.2, 0.25) is 0 Å². The van der Waals surface area contributed by atoms with E-state index in [0.29, 0.717) is 17.9 Å². The van der Waals surface area contributed by atoms with E-state index in [4.69, 9.17) is 9.47 Å². The van der Waals surface area contributed by atoms with Crippen molar-refractivity contribution in [2.45, 2.75) is 33.3 Å². The Kier molecular flexibility index (Phi) is 7.37. The van der Waals surface area contributed by atoms with Crippen molar-refractivity contribution in [1.29, 1.82) is 0 Å².